The third-order valence-electron chi connectivity index (χ3n) is 14.9. The summed E-state index contributed by atoms with van der Waals surface area (Å²) in [6, 6.07) is 45.0. The second kappa shape index (κ2) is 11.9. The van der Waals surface area contributed by atoms with E-state index >= 15 is 0 Å². The fraction of sp³-hybridized carbons (Fsp3) is 0.276. The fourth-order valence-corrected chi connectivity index (χ4v) is 11.5. The van der Waals surface area contributed by atoms with Crippen molar-refractivity contribution in [2.24, 2.45) is 0 Å². The van der Waals surface area contributed by atoms with Crippen LogP contribution in [0.15, 0.2) is 120 Å². The highest BCUT2D eigenvalue weighted by atomic mass is 16.3. The number of rotatable bonds is 1. The van der Waals surface area contributed by atoms with Gasteiger partial charge in [-0.3, -0.25) is 0 Å². The largest absolute Gasteiger partial charge is 0.456 e. The lowest BCUT2D eigenvalue weighted by Crippen LogP contribution is -2.60. The van der Waals surface area contributed by atoms with Crippen LogP contribution in [0, 0.1) is 6.92 Å². The van der Waals surface area contributed by atoms with Gasteiger partial charge in [0.2, 0.25) is 0 Å². The second-order valence-electron chi connectivity index (χ2n) is 22.3. The third kappa shape index (κ3) is 4.95. The monoisotopic (exact) mass is 806 g/mol. The van der Waals surface area contributed by atoms with Crippen LogP contribution in [0.5, 0.6) is 0 Å². The van der Waals surface area contributed by atoms with Crippen molar-refractivity contribution >= 4 is 72.9 Å². The van der Waals surface area contributed by atoms with Crippen LogP contribution in [-0.2, 0) is 21.7 Å². The summed E-state index contributed by atoms with van der Waals surface area (Å²) in [6.07, 6.45) is 0. The van der Waals surface area contributed by atoms with E-state index in [-0.39, 0.29) is 28.5 Å². The first-order valence-corrected chi connectivity index (χ1v) is 22.6. The molecule has 0 N–H and O–H groups in total. The van der Waals surface area contributed by atoms with Crippen LogP contribution in [0.3, 0.4) is 0 Å². The van der Waals surface area contributed by atoms with Gasteiger partial charge in [0.1, 0.15) is 11.2 Å². The van der Waals surface area contributed by atoms with Gasteiger partial charge in [-0.15, -0.1) is 0 Å². The SMILES string of the molecule is Cc1cc2c3c4c1c1cc5oc6ccccc6c5cc1n4-c1ccc(C(C)(C)C)cc1B3N(c1ccc(C(C)(C)C)cc1)c1cc3c(cc1-2)C(C)(C)c1cc(C(C)(C)C)ccc1-3. The first-order chi connectivity index (χ1) is 29.3. The molecule has 0 atom stereocenters. The predicted molar refractivity (Wildman–Crippen MR) is 265 cm³/mol. The molecule has 62 heavy (non-hydrogen) atoms. The van der Waals surface area contributed by atoms with Gasteiger partial charge in [0.05, 0.1) is 11.0 Å². The molecule has 0 saturated carbocycles. The summed E-state index contributed by atoms with van der Waals surface area (Å²) < 4.78 is 9.20. The van der Waals surface area contributed by atoms with E-state index < -0.39 is 0 Å². The molecule has 3 nitrogen and oxygen atoms in total. The van der Waals surface area contributed by atoms with Gasteiger partial charge in [-0.25, -0.2) is 0 Å². The molecule has 2 aliphatic heterocycles. The molecule has 0 fully saturated rings. The molecule has 2 aromatic heterocycles. The smallest absolute Gasteiger partial charge is 0.333 e. The predicted octanol–water partition coefficient (Wildman–Crippen LogP) is 14.4. The minimum Gasteiger partial charge on any atom is -0.456 e. The molecule has 9 aromatic rings. The molecule has 12 rings (SSSR count). The van der Waals surface area contributed by atoms with Crippen LogP contribution >= 0.6 is 0 Å². The lowest BCUT2D eigenvalue weighted by molar-refractivity contribution is 0.584. The zero-order valence-corrected chi connectivity index (χ0v) is 38.3. The van der Waals surface area contributed by atoms with Gasteiger partial charge in [-0.2, -0.15) is 0 Å². The number of fused-ring (bicyclic) bond motifs is 14. The van der Waals surface area contributed by atoms with Gasteiger partial charge in [-0.1, -0.05) is 143 Å². The van der Waals surface area contributed by atoms with Gasteiger partial charge in [0.15, 0.2) is 0 Å². The van der Waals surface area contributed by atoms with Crippen LogP contribution in [0.25, 0.3) is 71.7 Å². The van der Waals surface area contributed by atoms with Gasteiger partial charge >= 0.3 is 6.85 Å². The molecule has 7 aromatic carbocycles. The van der Waals surface area contributed by atoms with Crippen molar-refractivity contribution in [1.82, 2.24) is 4.57 Å². The summed E-state index contributed by atoms with van der Waals surface area (Å²) >= 11 is 0. The van der Waals surface area contributed by atoms with Crippen molar-refractivity contribution < 1.29 is 4.42 Å². The summed E-state index contributed by atoms with van der Waals surface area (Å²) in [5.74, 6) is 0. The third-order valence-corrected chi connectivity index (χ3v) is 14.9. The van der Waals surface area contributed by atoms with E-state index in [9.17, 15) is 0 Å². The first-order valence-electron chi connectivity index (χ1n) is 22.6. The number of benzene rings is 7. The van der Waals surface area contributed by atoms with Crippen molar-refractivity contribution in [3.05, 3.63) is 149 Å². The molecule has 4 heterocycles. The molecule has 0 saturated heterocycles. The Labute approximate surface area is 366 Å². The van der Waals surface area contributed by atoms with Crippen LogP contribution in [0.1, 0.15) is 110 Å². The van der Waals surface area contributed by atoms with Crippen molar-refractivity contribution in [2.75, 3.05) is 4.81 Å². The maximum absolute atomic E-state index is 6.59. The van der Waals surface area contributed by atoms with E-state index in [0.29, 0.717) is 0 Å². The Kier molecular flexibility index (Phi) is 7.26. The molecular weight excluding hydrogens is 751 g/mol. The molecular formula is C58H55BN2O. The summed E-state index contributed by atoms with van der Waals surface area (Å²) in [5.41, 5.74) is 24.3. The zero-order chi connectivity index (χ0) is 43.2. The highest BCUT2D eigenvalue weighted by Gasteiger charge is 2.47. The maximum atomic E-state index is 6.59. The summed E-state index contributed by atoms with van der Waals surface area (Å²) in [7, 11) is 0. The molecule has 4 heteroatoms. The van der Waals surface area contributed by atoms with Crippen LogP contribution in [0.4, 0.5) is 11.4 Å². The minimum atomic E-state index is -0.159. The van der Waals surface area contributed by atoms with Crippen LogP contribution in [-0.4, -0.2) is 11.4 Å². The Morgan fingerprint density at radius 3 is 1.92 bits per heavy atom. The first kappa shape index (κ1) is 37.7. The van der Waals surface area contributed by atoms with Gasteiger partial charge < -0.3 is 13.8 Å². The maximum Gasteiger partial charge on any atom is 0.333 e. The van der Waals surface area contributed by atoms with Crippen molar-refractivity contribution in [1.29, 1.82) is 0 Å². The molecule has 0 bridgehead atoms. The molecule has 0 radical (unpaired) electrons. The average molecular weight is 807 g/mol. The minimum absolute atomic E-state index is 0.0326. The van der Waals surface area contributed by atoms with Gasteiger partial charge in [0, 0.05) is 49.6 Å². The number of aromatic nitrogens is 1. The van der Waals surface area contributed by atoms with Gasteiger partial charge in [0.25, 0.3) is 0 Å². The van der Waals surface area contributed by atoms with Crippen molar-refractivity contribution in [3.63, 3.8) is 0 Å². The number of para-hydroxylation sites is 1. The molecule has 3 aliphatic rings. The number of aryl methyl sites for hydroxylation is 1. The number of furan rings is 1. The summed E-state index contributed by atoms with van der Waals surface area (Å²) in [4.78, 5) is 2.71. The van der Waals surface area contributed by atoms with E-state index in [0.717, 1.165) is 21.9 Å². The topological polar surface area (TPSA) is 21.3 Å². The Balaban J connectivity index is 1.24. The molecule has 1 aliphatic carbocycles. The molecule has 306 valence electrons. The van der Waals surface area contributed by atoms with Crippen molar-refractivity contribution in [3.8, 4) is 27.9 Å². The highest BCUT2D eigenvalue weighted by Crippen LogP contribution is 2.55. The van der Waals surface area contributed by atoms with Gasteiger partial charge in [-0.05, 0) is 133 Å². The molecule has 0 amide bonds. The number of hydrogen-bond acceptors (Lipinski definition) is 2. The Bertz CT molecular complexity index is 3440. The second-order valence-corrected chi connectivity index (χ2v) is 22.3. The lowest BCUT2D eigenvalue weighted by Gasteiger charge is -2.43. The van der Waals surface area contributed by atoms with E-state index in [2.05, 4.69) is 208 Å². The Morgan fingerprint density at radius 2 is 1.19 bits per heavy atom. The lowest BCUT2D eigenvalue weighted by atomic mass is 9.43. The van der Waals surface area contributed by atoms with E-state index in [1.807, 2.05) is 0 Å². The highest BCUT2D eigenvalue weighted by molar-refractivity contribution is 6.93. The fourth-order valence-electron chi connectivity index (χ4n) is 11.5. The zero-order valence-electron chi connectivity index (χ0n) is 38.3. The number of anilines is 2. The standard InChI is InChI=1S/C58H55BN2O/c1-32-25-42-40-28-45-39(37-23-19-34(56(5,6)7)26-44(37)58(45,11)12)29-49(40)61(36-21-17-33(18-22-36)55(2,3)4)59-46-27-35(57(8,9)10)20-24-47(46)60-48-30-41-38-15-13-14-16-50(38)62-51(41)31-43(48)52(32)54(60)53(42)59/h13-31H,1-12H3. The Hall–Kier alpha value is -6.00. The molecule has 0 spiro atoms. The van der Waals surface area contributed by atoms with E-state index in [1.54, 1.807) is 0 Å². The Morgan fingerprint density at radius 1 is 0.532 bits per heavy atom. The molecule has 0 unspecified atom stereocenters. The summed E-state index contributed by atoms with van der Waals surface area (Å²) in [5, 5.41) is 4.87. The quantitative estimate of drug-likeness (QED) is 0.154. The van der Waals surface area contributed by atoms with Crippen LogP contribution < -0.4 is 15.7 Å². The normalized spacial score (nSPS) is 15.2. The number of hydrogen-bond donors (Lipinski definition) is 0. The number of nitrogens with zero attached hydrogens (tertiary/aromatic N) is 2. The van der Waals surface area contributed by atoms with E-state index in [1.165, 1.54) is 105 Å². The van der Waals surface area contributed by atoms with E-state index in [4.69, 9.17) is 4.42 Å². The van der Waals surface area contributed by atoms with Crippen molar-refractivity contribution in [2.45, 2.75) is 105 Å². The average Bonchev–Trinajstić information content (AvgIpc) is 3.83. The summed E-state index contributed by atoms with van der Waals surface area (Å²) in [6.45, 7) is 28.1. The van der Waals surface area contributed by atoms with Crippen LogP contribution in [0.2, 0.25) is 0 Å².